The summed E-state index contributed by atoms with van der Waals surface area (Å²) in [7, 11) is 0. The fourth-order valence-corrected chi connectivity index (χ4v) is 3.28. The number of aromatic nitrogens is 1. The predicted octanol–water partition coefficient (Wildman–Crippen LogP) is 4.79. The molecule has 16 heavy (non-hydrogen) atoms. The molecule has 92 valence electrons. The normalized spacial score (nSPS) is 16.1. The van der Waals surface area contributed by atoms with Gasteiger partial charge >= 0.3 is 0 Å². The van der Waals surface area contributed by atoms with Crippen LogP contribution in [0.5, 0.6) is 0 Å². The fourth-order valence-electron chi connectivity index (χ4n) is 1.60. The molecule has 1 aromatic heterocycles. The summed E-state index contributed by atoms with van der Waals surface area (Å²) in [5.74, 6) is 0.693. The van der Waals surface area contributed by atoms with E-state index in [1.807, 2.05) is 0 Å². The Labute approximate surface area is 112 Å². The molecule has 0 spiro atoms. The highest BCUT2D eigenvalue weighted by atomic mass is 79.9. The van der Waals surface area contributed by atoms with Gasteiger partial charge in [0.05, 0.1) is 10.7 Å². The molecule has 0 bridgehead atoms. The average Bonchev–Trinajstić information content (AvgIpc) is 2.61. The van der Waals surface area contributed by atoms with E-state index in [4.69, 9.17) is 4.98 Å². The van der Waals surface area contributed by atoms with Crippen LogP contribution < -0.4 is 0 Å². The van der Waals surface area contributed by atoms with Crippen LogP contribution in [0.4, 0.5) is 0 Å². The second-order valence-corrected chi connectivity index (χ2v) is 7.81. The molecule has 0 aliphatic rings. The van der Waals surface area contributed by atoms with Crippen molar-refractivity contribution in [3.05, 3.63) is 16.1 Å². The Morgan fingerprint density at radius 1 is 1.44 bits per heavy atom. The highest BCUT2D eigenvalue weighted by molar-refractivity contribution is 9.09. The average molecular weight is 304 g/mol. The van der Waals surface area contributed by atoms with Gasteiger partial charge in [-0.3, -0.25) is 0 Å². The van der Waals surface area contributed by atoms with Crippen molar-refractivity contribution in [3.63, 3.8) is 0 Å². The van der Waals surface area contributed by atoms with Gasteiger partial charge in [-0.2, -0.15) is 0 Å². The molecule has 0 fully saturated rings. The molecule has 0 saturated heterocycles. The first-order valence-corrected chi connectivity index (χ1v) is 7.73. The number of hydrogen-bond acceptors (Lipinski definition) is 2. The summed E-state index contributed by atoms with van der Waals surface area (Å²) < 4.78 is 0. The van der Waals surface area contributed by atoms with E-state index in [1.165, 1.54) is 17.1 Å². The van der Waals surface area contributed by atoms with Crippen LogP contribution in [0.3, 0.4) is 0 Å². The van der Waals surface area contributed by atoms with E-state index in [1.54, 1.807) is 11.3 Å². The van der Waals surface area contributed by atoms with Crippen molar-refractivity contribution < 1.29 is 0 Å². The summed E-state index contributed by atoms with van der Waals surface area (Å²) in [6.07, 6.45) is 2.31. The predicted molar refractivity (Wildman–Crippen MR) is 76.7 cm³/mol. The molecular weight excluding hydrogens is 282 g/mol. The van der Waals surface area contributed by atoms with Gasteiger partial charge in [0, 0.05) is 22.0 Å². The SMILES string of the molecule is CCC(Cc1nc(C(C)(C)C)cs1)C(C)Br. The molecule has 0 radical (unpaired) electrons. The lowest BCUT2D eigenvalue weighted by atomic mass is 9.93. The Hall–Kier alpha value is 0.110. The minimum absolute atomic E-state index is 0.177. The first-order chi connectivity index (χ1) is 7.34. The Balaban J connectivity index is 2.72. The zero-order valence-electron chi connectivity index (χ0n) is 10.9. The number of alkyl halides is 1. The minimum atomic E-state index is 0.177. The Morgan fingerprint density at radius 3 is 2.44 bits per heavy atom. The zero-order chi connectivity index (χ0) is 12.3. The maximum Gasteiger partial charge on any atom is 0.0931 e. The van der Waals surface area contributed by atoms with Gasteiger partial charge in [0.2, 0.25) is 0 Å². The van der Waals surface area contributed by atoms with Crippen molar-refractivity contribution in [3.8, 4) is 0 Å². The Morgan fingerprint density at radius 2 is 2.06 bits per heavy atom. The highest BCUT2D eigenvalue weighted by Gasteiger charge is 2.20. The molecule has 2 unspecified atom stereocenters. The first-order valence-electron chi connectivity index (χ1n) is 5.93. The molecule has 1 rings (SSSR count). The largest absolute Gasteiger partial charge is 0.246 e. The van der Waals surface area contributed by atoms with Crippen molar-refractivity contribution in [1.29, 1.82) is 0 Å². The summed E-state index contributed by atoms with van der Waals surface area (Å²) in [6.45, 7) is 11.1. The van der Waals surface area contributed by atoms with Crippen molar-refractivity contribution in [2.45, 2.75) is 57.7 Å². The maximum absolute atomic E-state index is 4.75. The summed E-state index contributed by atoms with van der Waals surface area (Å²) in [6, 6.07) is 0. The van der Waals surface area contributed by atoms with Crippen molar-refractivity contribution in [2.75, 3.05) is 0 Å². The Kier molecular flexibility index (Phi) is 4.99. The molecule has 1 aromatic rings. The second-order valence-electron chi connectivity index (χ2n) is 5.43. The van der Waals surface area contributed by atoms with E-state index in [0.717, 1.165) is 6.42 Å². The van der Waals surface area contributed by atoms with Gasteiger partial charge in [-0.15, -0.1) is 11.3 Å². The molecule has 2 atom stereocenters. The van der Waals surface area contributed by atoms with Crippen molar-refractivity contribution in [1.82, 2.24) is 4.98 Å². The lowest BCUT2D eigenvalue weighted by molar-refractivity contribution is 0.503. The van der Waals surface area contributed by atoms with Gasteiger partial charge in [-0.05, 0) is 5.92 Å². The maximum atomic E-state index is 4.75. The van der Waals surface area contributed by atoms with Gasteiger partial charge in [0.1, 0.15) is 0 Å². The van der Waals surface area contributed by atoms with Crippen LogP contribution in [-0.4, -0.2) is 9.81 Å². The lowest BCUT2D eigenvalue weighted by Crippen LogP contribution is -2.14. The number of rotatable bonds is 4. The second kappa shape index (κ2) is 5.63. The molecule has 0 amide bonds. The summed E-state index contributed by atoms with van der Waals surface area (Å²) in [4.78, 5) is 5.32. The third-order valence-corrected chi connectivity index (χ3v) is 4.55. The summed E-state index contributed by atoms with van der Waals surface area (Å²) >= 11 is 5.49. The summed E-state index contributed by atoms with van der Waals surface area (Å²) in [5, 5.41) is 3.49. The molecule has 0 aliphatic heterocycles. The third kappa shape index (κ3) is 3.85. The van der Waals surface area contributed by atoms with Crippen LogP contribution in [-0.2, 0) is 11.8 Å². The van der Waals surface area contributed by atoms with Gasteiger partial charge in [-0.1, -0.05) is 57.0 Å². The monoisotopic (exact) mass is 303 g/mol. The van der Waals surface area contributed by atoms with Gasteiger partial charge in [0.15, 0.2) is 0 Å². The smallest absolute Gasteiger partial charge is 0.0931 e. The van der Waals surface area contributed by atoms with E-state index >= 15 is 0 Å². The lowest BCUT2D eigenvalue weighted by Gasteiger charge is -2.16. The summed E-state index contributed by atoms with van der Waals surface area (Å²) in [5.41, 5.74) is 1.40. The zero-order valence-corrected chi connectivity index (χ0v) is 13.3. The molecule has 3 heteroatoms. The number of thiazole rings is 1. The van der Waals surface area contributed by atoms with E-state index in [2.05, 4.69) is 55.9 Å². The number of nitrogens with zero attached hydrogens (tertiary/aromatic N) is 1. The Bertz CT molecular complexity index is 325. The molecule has 0 aromatic carbocycles. The van der Waals surface area contributed by atoms with Crippen LogP contribution in [0.2, 0.25) is 0 Å². The fraction of sp³-hybridized carbons (Fsp3) is 0.769. The van der Waals surface area contributed by atoms with Crippen LogP contribution in [0, 0.1) is 5.92 Å². The van der Waals surface area contributed by atoms with Gasteiger partial charge in [0.25, 0.3) is 0 Å². The van der Waals surface area contributed by atoms with E-state index in [0.29, 0.717) is 10.7 Å². The standard InChI is InChI=1S/C13H22BrNS/c1-6-10(9(2)14)7-12-15-11(8-16-12)13(3,4)5/h8-10H,6-7H2,1-5H3. The third-order valence-electron chi connectivity index (χ3n) is 2.93. The molecule has 0 aliphatic carbocycles. The quantitative estimate of drug-likeness (QED) is 0.729. The molecule has 0 saturated carbocycles. The number of hydrogen-bond donors (Lipinski definition) is 0. The van der Waals surface area contributed by atoms with Crippen LogP contribution in [0.15, 0.2) is 5.38 Å². The van der Waals surface area contributed by atoms with Gasteiger partial charge < -0.3 is 0 Å². The van der Waals surface area contributed by atoms with E-state index in [-0.39, 0.29) is 5.41 Å². The topological polar surface area (TPSA) is 12.9 Å². The highest BCUT2D eigenvalue weighted by Crippen LogP contribution is 2.27. The minimum Gasteiger partial charge on any atom is -0.246 e. The van der Waals surface area contributed by atoms with Crippen LogP contribution >= 0.6 is 27.3 Å². The van der Waals surface area contributed by atoms with Crippen LogP contribution in [0.1, 0.15) is 51.7 Å². The molecule has 1 nitrogen and oxygen atoms in total. The number of halogens is 1. The first kappa shape index (κ1) is 14.2. The van der Waals surface area contributed by atoms with Gasteiger partial charge in [-0.25, -0.2) is 4.98 Å². The van der Waals surface area contributed by atoms with Crippen molar-refractivity contribution >= 4 is 27.3 Å². The molecule has 1 heterocycles. The molecular formula is C13H22BrNS. The molecule has 0 N–H and O–H groups in total. The van der Waals surface area contributed by atoms with E-state index in [9.17, 15) is 0 Å². The van der Waals surface area contributed by atoms with E-state index < -0.39 is 0 Å². The van der Waals surface area contributed by atoms with Crippen molar-refractivity contribution in [2.24, 2.45) is 5.92 Å². The van der Waals surface area contributed by atoms with Crippen LogP contribution in [0.25, 0.3) is 0 Å².